The summed E-state index contributed by atoms with van der Waals surface area (Å²) in [5, 5.41) is -0.423. The summed E-state index contributed by atoms with van der Waals surface area (Å²) >= 11 is 0. The molecule has 3 N–H and O–H groups in total. The molecule has 0 radical (unpaired) electrons. The second kappa shape index (κ2) is 12.3. The Hall–Kier alpha value is -0.210. The molecule has 7 heteroatoms. The lowest BCUT2D eigenvalue weighted by molar-refractivity contribution is 0.198. The fourth-order valence-corrected chi connectivity index (χ4v) is 5.13. The molecule has 0 heterocycles. The van der Waals surface area contributed by atoms with Crippen molar-refractivity contribution >= 4 is 10.0 Å². The Kier molecular flexibility index (Phi) is 11.3. The van der Waals surface area contributed by atoms with Crippen LogP contribution in [-0.4, -0.2) is 76.3 Å². The molecule has 0 aromatic heterocycles. The molecule has 0 aromatic carbocycles. The van der Waals surface area contributed by atoms with E-state index < -0.39 is 15.3 Å². The summed E-state index contributed by atoms with van der Waals surface area (Å²) in [7, 11) is 0.551. The minimum Gasteiger partial charge on any atom is -0.330 e. The van der Waals surface area contributed by atoms with E-state index in [1.807, 2.05) is 25.9 Å². The van der Waals surface area contributed by atoms with E-state index in [1.165, 1.54) is 32.1 Å². The predicted molar refractivity (Wildman–Crippen MR) is 111 cm³/mol. The lowest BCUT2D eigenvalue weighted by Crippen LogP contribution is -2.45. The van der Waals surface area contributed by atoms with E-state index in [1.54, 1.807) is 6.92 Å². The van der Waals surface area contributed by atoms with Crippen molar-refractivity contribution in [3.05, 3.63) is 0 Å². The average molecular weight is 391 g/mol. The van der Waals surface area contributed by atoms with Gasteiger partial charge in [0.25, 0.3) is 0 Å². The molecule has 1 rings (SSSR count). The maximum absolute atomic E-state index is 12.4. The zero-order valence-electron chi connectivity index (χ0n) is 17.4. The van der Waals surface area contributed by atoms with Gasteiger partial charge in [0.2, 0.25) is 10.0 Å². The van der Waals surface area contributed by atoms with E-state index in [4.69, 9.17) is 5.73 Å². The Labute approximate surface area is 161 Å². The second-order valence-corrected chi connectivity index (χ2v) is 10.3. The molecule has 0 bridgehead atoms. The van der Waals surface area contributed by atoms with E-state index in [9.17, 15) is 8.42 Å². The number of hydrogen-bond donors (Lipinski definition) is 2. The first kappa shape index (κ1) is 23.8. The molecule has 0 aliphatic heterocycles. The third kappa shape index (κ3) is 8.65. The van der Waals surface area contributed by atoms with Crippen molar-refractivity contribution < 1.29 is 8.42 Å². The van der Waals surface area contributed by atoms with Crippen molar-refractivity contribution in [3.63, 3.8) is 0 Å². The van der Waals surface area contributed by atoms with Gasteiger partial charge in [-0.3, -0.25) is 0 Å². The third-order valence-corrected chi connectivity index (χ3v) is 7.84. The first-order valence-corrected chi connectivity index (χ1v) is 11.9. The van der Waals surface area contributed by atoms with Gasteiger partial charge in [-0.2, -0.15) is 0 Å². The average Bonchev–Trinajstić information content (AvgIpc) is 2.62. The Bertz CT molecular complexity index is 464. The van der Waals surface area contributed by atoms with Crippen molar-refractivity contribution in [2.45, 2.75) is 70.1 Å². The van der Waals surface area contributed by atoms with Crippen LogP contribution in [0, 0.1) is 5.92 Å². The number of nitrogens with zero attached hydrogens (tertiary/aromatic N) is 2. The zero-order valence-corrected chi connectivity index (χ0v) is 18.2. The molecule has 1 aliphatic carbocycles. The zero-order chi connectivity index (χ0) is 19.6. The normalized spacial score (nSPS) is 19.2. The van der Waals surface area contributed by atoms with E-state index in [-0.39, 0.29) is 6.04 Å². The Morgan fingerprint density at radius 2 is 1.69 bits per heavy atom. The number of nitrogens with one attached hydrogen (secondary N) is 1. The molecule has 2 atom stereocenters. The molecule has 156 valence electrons. The Balaban J connectivity index is 2.40. The molecule has 6 nitrogen and oxygen atoms in total. The maximum atomic E-state index is 12.4. The van der Waals surface area contributed by atoms with Crippen molar-refractivity contribution in [2.24, 2.45) is 11.7 Å². The number of nitrogens with two attached hydrogens (primary N) is 1. The van der Waals surface area contributed by atoms with Gasteiger partial charge in [-0.1, -0.05) is 19.3 Å². The quantitative estimate of drug-likeness (QED) is 0.469. The van der Waals surface area contributed by atoms with Gasteiger partial charge in [0.1, 0.15) is 0 Å². The van der Waals surface area contributed by atoms with Crippen molar-refractivity contribution in [2.75, 3.05) is 46.8 Å². The van der Waals surface area contributed by atoms with Crippen LogP contribution in [0.5, 0.6) is 0 Å². The fourth-order valence-electron chi connectivity index (χ4n) is 3.67. The number of sulfonamides is 1. The number of rotatable bonds is 13. The molecule has 1 saturated carbocycles. The van der Waals surface area contributed by atoms with Gasteiger partial charge < -0.3 is 15.5 Å². The van der Waals surface area contributed by atoms with Gasteiger partial charge in [-0.15, -0.1) is 0 Å². The first-order valence-electron chi connectivity index (χ1n) is 10.3. The molecular formula is C19H42N4O2S. The largest absolute Gasteiger partial charge is 0.330 e. The first-order chi connectivity index (χ1) is 12.3. The van der Waals surface area contributed by atoms with Crippen molar-refractivity contribution in [1.29, 1.82) is 0 Å². The summed E-state index contributed by atoms with van der Waals surface area (Å²) in [6.07, 6.45) is 8.63. The number of hydrogen-bond acceptors (Lipinski definition) is 5. The van der Waals surface area contributed by atoms with Gasteiger partial charge in [0.05, 0.1) is 5.25 Å². The lowest BCUT2D eigenvalue weighted by Gasteiger charge is -2.30. The summed E-state index contributed by atoms with van der Waals surface area (Å²) in [5.41, 5.74) is 5.69. The van der Waals surface area contributed by atoms with Crippen LogP contribution in [0.3, 0.4) is 0 Å². The maximum Gasteiger partial charge on any atom is 0.215 e. The molecule has 0 spiro atoms. The topological polar surface area (TPSA) is 78.7 Å². The molecule has 26 heavy (non-hydrogen) atoms. The molecule has 1 aliphatic rings. The highest BCUT2D eigenvalue weighted by Crippen LogP contribution is 2.24. The molecular weight excluding hydrogens is 348 g/mol. The predicted octanol–water partition coefficient (Wildman–Crippen LogP) is 1.87. The van der Waals surface area contributed by atoms with Crippen LogP contribution in [0.4, 0.5) is 0 Å². The summed E-state index contributed by atoms with van der Waals surface area (Å²) in [6, 6.07) is -0.0140. The Morgan fingerprint density at radius 1 is 1.08 bits per heavy atom. The third-order valence-electron chi connectivity index (χ3n) is 5.86. The van der Waals surface area contributed by atoms with Crippen LogP contribution < -0.4 is 10.5 Å². The highest BCUT2D eigenvalue weighted by molar-refractivity contribution is 7.90. The summed E-state index contributed by atoms with van der Waals surface area (Å²) in [5.74, 6) is 0.805. The van der Waals surface area contributed by atoms with Crippen LogP contribution >= 0.6 is 0 Å². The smallest absolute Gasteiger partial charge is 0.215 e. The van der Waals surface area contributed by atoms with E-state index >= 15 is 0 Å². The van der Waals surface area contributed by atoms with E-state index in [2.05, 4.69) is 9.62 Å². The highest BCUT2D eigenvalue weighted by atomic mass is 32.2. The SMILES string of the molecule is CC([C@@H](C)S(=O)(=O)NCCCN(CCCN)CC1CCCCC1)N(C)C. The van der Waals surface area contributed by atoms with Crippen LogP contribution in [0.2, 0.25) is 0 Å². The second-order valence-electron chi connectivity index (χ2n) is 8.15. The minimum absolute atomic E-state index is 0.0140. The summed E-state index contributed by atoms with van der Waals surface area (Å²) in [6.45, 7) is 8.06. The van der Waals surface area contributed by atoms with Crippen LogP contribution in [0.25, 0.3) is 0 Å². The fraction of sp³-hybridized carbons (Fsp3) is 1.00. The van der Waals surface area contributed by atoms with Gasteiger partial charge in [-0.05, 0) is 79.2 Å². The van der Waals surface area contributed by atoms with Crippen LogP contribution in [0.15, 0.2) is 0 Å². The Morgan fingerprint density at radius 3 is 2.27 bits per heavy atom. The highest BCUT2D eigenvalue weighted by Gasteiger charge is 2.27. The van der Waals surface area contributed by atoms with E-state index in [0.717, 1.165) is 38.4 Å². The monoisotopic (exact) mass is 390 g/mol. The van der Waals surface area contributed by atoms with Crippen molar-refractivity contribution in [1.82, 2.24) is 14.5 Å². The van der Waals surface area contributed by atoms with Gasteiger partial charge >= 0.3 is 0 Å². The van der Waals surface area contributed by atoms with E-state index in [0.29, 0.717) is 13.1 Å². The van der Waals surface area contributed by atoms with Gasteiger partial charge in [-0.25, -0.2) is 13.1 Å². The molecule has 0 saturated heterocycles. The molecule has 1 unspecified atom stereocenters. The summed E-state index contributed by atoms with van der Waals surface area (Å²) in [4.78, 5) is 4.44. The molecule has 0 amide bonds. The molecule has 1 fully saturated rings. The summed E-state index contributed by atoms with van der Waals surface area (Å²) < 4.78 is 27.7. The van der Waals surface area contributed by atoms with Crippen LogP contribution in [-0.2, 0) is 10.0 Å². The standard InChI is InChI=1S/C19H42N4O2S/c1-17(22(3)4)18(2)26(24,25)21-13-9-15-23(14-8-12-20)16-19-10-6-5-7-11-19/h17-19,21H,5-16,20H2,1-4H3/t17?,18-/m1/s1. The minimum atomic E-state index is -3.28. The van der Waals surface area contributed by atoms with Gasteiger partial charge in [0, 0.05) is 19.1 Å². The van der Waals surface area contributed by atoms with Crippen LogP contribution in [0.1, 0.15) is 58.8 Å². The molecule has 0 aromatic rings. The lowest BCUT2D eigenvalue weighted by atomic mass is 9.89. The van der Waals surface area contributed by atoms with Crippen molar-refractivity contribution in [3.8, 4) is 0 Å². The van der Waals surface area contributed by atoms with Gasteiger partial charge in [0.15, 0.2) is 0 Å².